The van der Waals surface area contributed by atoms with Gasteiger partial charge in [0.2, 0.25) is 17.1 Å². The van der Waals surface area contributed by atoms with Crippen LogP contribution in [-0.2, 0) is 0 Å². The lowest BCUT2D eigenvalue weighted by molar-refractivity contribution is -0.572. The molecule has 2 N–H and O–H groups in total. The summed E-state index contributed by atoms with van der Waals surface area (Å²) >= 11 is 0. The molecule has 0 amide bonds. The fourth-order valence-corrected chi connectivity index (χ4v) is 4.08. The highest BCUT2D eigenvalue weighted by atomic mass is 19.5. The molecule has 3 aromatic carbocycles. The molecule has 8 heteroatoms. The van der Waals surface area contributed by atoms with Gasteiger partial charge in [-0.25, -0.2) is 0 Å². The second-order valence-electron chi connectivity index (χ2n) is 8.90. The summed E-state index contributed by atoms with van der Waals surface area (Å²) in [6.07, 6.45) is 3.68. The van der Waals surface area contributed by atoms with Crippen molar-refractivity contribution in [3.05, 3.63) is 121 Å². The topological polar surface area (TPSA) is 42.8 Å². The Morgan fingerprint density at radius 3 is 1.42 bits per heavy atom. The maximum Gasteiger partial charge on any atom is 0.673 e. The Labute approximate surface area is 219 Å². The lowest BCUT2D eigenvalue weighted by atomic mass is 9.98. The van der Waals surface area contributed by atoms with Crippen LogP contribution in [0.5, 0.6) is 0 Å². The van der Waals surface area contributed by atoms with Crippen LogP contribution in [0, 0.1) is 13.8 Å². The molecule has 0 saturated carbocycles. The smallest absolute Gasteiger partial charge is 0.418 e. The first-order valence-electron chi connectivity index (χ1n) is 12.0. The summed E-state index contributed by atoms with van der Waals surface area (Å²) in [6.45, 7) is 4.23. The van der Waals surface area contributed by atoms with E-state index >= 15 is 0 Å². The summed E-state index contributed by atoms with van der Waals surface area (Å²) in [5, 5.41) is 0. The number of anilines is 1. The fourth-order valence-electron chi connectivity index (χ4n) is 4.08. The quantitative estimate of drug-likeness (QED) is 0.115. The highest BCUT2D eigenvalue weighted by Crippen LogP contribution is 2.30. The summed E-state index contributed by atoms with van der Waals surface area (Å²) < 4.78 is 41.3. The predicted molar refractivity (Wildman–Crippen MR) is 146 cm³/mol. The summed E-state index contributed by atoms with van der Waals surface area (Å²) in [4.78, 5) is 4.21. The number of nitrogens with two attached hydrogens (primary N) is 1. The lowest BCUT2D eigenvalue weighted by Gasteiger charge is -2.13. The molecule has 2 aromatic heterocycles. The van der Waals surface area contributed by atoms with Crippen molar-refractivity contribution < 1.29 is 21.8 Å². The molecular weight excluding hydrogens is 489 g/mol. The van der Waals surface area contributed by atoms with Crippen molar-refractivity contribution in [3.8, 4) is 39.3 Å². The first-order valence-corrected chi connectivity index (χ1v) is 12.0. The van der Waals surface area contributed by atoms with Crippen LogP contribution in [0.2, 0.25) is 0 Å². The van der Waals surface area contributed by atoms with Crippen LogP contribution in [0.25, 0.3) is 39.3 Å². The Kier molecular flexibility index (Phi) is 7.91. The molecule has 0 spiro atoms. The van der Waals surface area contributed by atoms with Crippen molar-refractivity contribution in [2.75, 3.05) is 5.73 Å². The third-order valence-corrected chi connectivity index (χ3v) is 5.93. The number of aromatic nitrogens is 2. The van der Waals surface area contributed by atoms with E-state index in [-0.39, 0.29) is 0 Å². The zero-order chi connectivity index (χ0) is 27.3. The maximum atomic E-state index is 9.75. The van der Waals surface area contributed by atoms with Gasteiger partial charge in [0.05, 0.1) is 0 Å². The third kappa shape index (κ3) is 6.85. The minimum atomic E-state index is -6.00. The first kappa shape index (κ1) is 26.6. The highest BCUT2D eigenvalue weighted by molar-refractivity contribution is 6.50. The van der Waals surface area contributed by atoms with Crippen molar-refractivity contribution in [2.24, 2.45) is 0 Å². The molecule has 0 saturated heterocycles. The van der Waals surface area contributed by atoms with Crippen molar-refractivity contribution in [2.45, 2.75) is 13.8 Å². The number of nitrogen functional groups attached to an aromatic ring is 1. The van der Waals surface area contributed by atoms with Crippen LogP contribution < -0.4 is 10.3 Å². The third-order valence-electron chi connectivity index (χ3n) is 5.93. The summed E-state index contributed by atoms with van der Waals surface area (Å²) in [6, 6.07) is 34.1. The SMILES string of the molecule is Cc1ccc(-c2cc(-c3ccncc3)cc(-c3ccc(C)cc3)[n+]2-c2ccc(N)cc2)cc1.F[B-](F)(F)F. The van der Waals surface area contributed by atoms with E-state index < -0.39 is 7.25 Å². The normalized spacial score (nSPS) is 11.0. The van der Waals surface area contributed by atoms with Gasteiger partial charge in [-0.2, -0.15) is 4.57 Å². The molecule has 5 aromatic rings. The summed E-state index contributed by atoms with van der Waals surface area (Å²) in [7, 11) is -6.00. The maximum absolute atomic E-state index is 9.75. The molecule has 0 radical (unpaired) electrons. The van der Waals surface area contributed by atoms with Crippen molar-refractivity contribution in [1.82, 2.24) is 4.98 Å². The second-order valence-corrected chi connectivity index (χ2v) is 8.90. The zero-order valence-electron chi connectivity index (χ0n) is 21.0. The number of aryl methyl sites for hydroxylation is 2. The second kappa shape index (κ2) is 11.3. The Bertz CT molecular complexity index is 1430. The monoisotopic (exact) mass is 515 g/mol. The van der Waals surface area contributed by atoms with Gasteiger partial charge in [0, 0.05) is 53.5 Å². The summed E-state index contributed by atoms with van der Waals surface area (Å²) in [5.41, 5.74) is 17.1. The molecule has 5 rings (SSSR count). The van der Waals surface area contributed by atoms with Crippen molar-refractivity contribution >= 4 is 12.9 Å². The molecule has 0 fully saturated rings. The van der Waals surface area contributed by atoms with Gasteiger partial charge in [0.25, 0.3) is 0 Å². The number of hydrogen-bond acceptors (Lipinski definition) is 2. The standard InChI is InChI=1S/C30H26N3.BF4/c1-21-3-7-24(8-4-21)29-19-26(23-15-17-32-18-16-23)20-30(25-9-5-22(2)6-10-25)33(29)28-13-11-27(31)12-14-28;2-1(3,4)5/h3-20H,31H2,1-2H3;/q+1;-1. The van der Waals surface area contributed by atoms with E-state index in [9.17, 15) is 17.3 Å². The number of pyridine rings is 2. The summed E-state index contributed by atoms with van der Waals surface area (Å²) in [5.74, 6) is 0. The average molecular weight is 515 g/mol. The molecule has 3 nitrogen and oxygen atoms in total. The highest BCUT2D eigenvalue weighted by Gasteiger charge is 2.25. The van der Waals surface area contributed by atoms with E-state index in [1.807, 2.05) is 24.5 Å². The van der Waals surface area contributed by atoms with Gasteiger partial charge in [-0.1, -0.05) is 35.4 Å². The molecule has 0 aliphatic carbocycles. The van der Waals surface area contributed by atoms with E-state index in [1.54, 1.807) is 0 Å². The number of benzene rings is 3. The molecule has 192 valence electrons. The predicted octanol–water partition coefficient (Wildman–Crippen LogP) is 7.86. The Balaban J connectivity index is 0.000000617. The van der Waals surface area contributed by atoms with Crippen molar-refractivity contribution in [3.63, 3.8) is 0 Å². The lowest BCUT2D eigenvalue weighted by Crippen LogP contribution is -2.36. The van der Waals surface area contributed by atoms with Gasteiger partial charge in [-0.15, -0.1) is 0 Å². The van der Waals surface area contributed by atoms with Crippen LogP contribution >= 0.6 is 0 Å². The fraction of sp³-hybridized carbons (Fsp3) is 0.0667. The Morgan fingerprint density at radius 1 is 0.579 bits per heavy atom. The van der Waals surface area contributed by atoms with Crippen LogP contribution in [0.15, 0.2) is 109 Å². The molecule has 0 atom stereocenters. The Morgan fingerprint density at radius 2 is 1.00 bits per heavy atom. The van der Waals surface area contributed by atoms with Gasteiger partial charge in [-0.05, 0) is 73.5 Å². The molecule has 38 heavy (non-hydrogen) atoms. The number of hydrogen-bond donors (Lipinski definition) is 1. The minimum absolute atomic E-state index is 0.751. The minimum Gasteiger partial charge on any atom is -0.418 e. The van der Waals surface area contributed by atoms with E-state index in [0.717, 1.165) is 45.0 Å². The van der Waals surface area contributed by atoms with E-state index in [2.05, 4.69) is 108 Å². The van der Waals surface area contributed by atoms with Crippen molar-refractivity contribution in [1.29, 1.82) is 0 Å². The zero-order valence-corrected chi connectivity index (χ0v) is 21.0. The van der Waals surface area contributed by atoms with E-state index in [0.29, 0.717) is 0 Å². The van der Waals surface area contributed by atoms with Crippen LogP contribution in [0.1, 0.15) is 11.1 Å². The molecule has 0 aliphatic rings. The van der Waals surface area contributed by atoms with Gasteiger partial charge < -0.3 is 23.0 Å². The first-order chi connectivity index (χ1) is 18.1. The molecular formula is C30H26BF4N3. The van der Waals surface area contributed by atoms with E-state index in [1.165, 1.54) is 11.1 Å². The van der Waals surface area contributed by atoms with Gasteiger partial charge in [0.15, 0.2) is 0 Å². The molecule has 0 bridgehead atoms. The van der Waals surface area contributed by atoms with Crippen LogP contribution in [0.3, 0.4) is 0 Å². The number of rotatable bonds is 4. The molecule has 2 heterocycles. The van der Waals surface area contributed by atoms with Gasteiger partial charge in [0.1, 0.15) is 0 Å². The number of halogens is 4. The largest absolute Gasteiger partial charge is 0.673 e. The molecule has 0 aliphatic heterocycles. The number of nitrogens with zero attached hydrogens (tertiary/aromatic N) is 2. The molecule has 0 unspecified atom stereocenters. The van der Waals surface area contributed by atoms with E-state index in [4.69, 9.17) is 5.73 Å². The van der Waals surface area contributed by atoms with Gasteiger partial charge in [-0.3, -0.25) is 4.98 Å². The van der Waals surface area contributed by atoms with Gasteiger partial charge >= 0.3 is 7.25 Å². The van der Waals surface area contributed by atoms with Crippen LogP contribution in [0.4, 0.5) is 23.0 Å². The average Bonchev–Trinajstić information content (AvgIpc) is 2.89. The van der Waals surface area contributed by atoms with Crippen LogP contribution in [-0.4, -0.2) is 12.2 Å². The Hall–Kier alpha value is -4.46.